The number of hydrogen-bond donors (Lipinski definition) is 1. The molecule has 0 radical (unpaired) electrons. The zero-order valence-electron chi connectivity index (χ0n) is 11.4. The second-order valence-corrected chi connectivity index (χ2v) is 6.41. The lowest BCUT2D eigenvalue weighted by molar-refractivity contribution is -0.115. The van der Waals surface area contributed by atoms with E-state index in [4.69, 9.17) is 4.74 Å². The summed E-state index contributed by atoms with van der Waals surface area (Å²) in [5.74, 6) is 0.589. The van der Waals surface area contributed by atoms with E-state index in [1.54, 1.807) is 13.2 Å². The number of halogens is 2. The fourth-order valence-electron chi connectivity index (χ4n) is 1.85. The van der Waals surface area contributed by atoms with Crippen LogP contribution in [0.1, 0.15) is 10.4 Å². The van der Waals surface area contributed by atoms with Crippen LogP contribution in [-0.2, 0) is 4.79 Å². The number of hydrogen-bond acceptors (Lipinski definition) is 2. The Morgan fingerprint density at radius 1 is 1.10 bits per heavy atom. The zero-order valence-corrected chi connectivity index (χ0v) is 14.6. The third kappa shape index (κ3) is 4.32. The van der Waals surface area contributed by atoms with Gasteiger partial charge in [0.15, 0.2) is 0 Å². The van der Waals surface area contributed by atoms with Crippen LogP contribution in [0, 0.1) is 0 Å². The third-order valence-electron chi connectivity index (χ3n) is 2.96. The highest BCUT2D eigenvalue weighted by molar-refractivity contribution is 9.12. The second-order valence-electron chi connectivity index (χ2n) is 4.44. The SMILES string of the molecule is COc1cccc(NC(=O)C(Br)C(Br)c2ccccc2)c1. The van der Waals surface area contributed by atoms with Gasteiger partial charge in [-0.25, -0.2) is 0 Å². The topological polar surface area (TPSA) is 38.3 Å². The van der Waals surface area contributed by atoms with Crippen LogP contribution in [0.15, 0.2) is 54.6 Å². The summed E-state index contributed by atoms with van der Waals surface area (Å²) >= 11 is 7.01. The first kappa shape index (κ1) is 16.0. The molecule has 0 aliphatic carbocycles. The van der Waals surface area contributed by atoms with E-state index in [9.17, 15) is 4.79 Å². The monoisotopic (exact) mass is 411 g/mol. The van der Waals surface area contributed by atoms with Crippen molar-refractivity contribution in [3.63, 3.8) is 0 Å². The molecule has 0 spiro atoms. The Morgan fingerprint density at radius 3 is 2.48 bits per heavy atom. The average molecular weight is 413 g/mol. The van der Waals surface area contributed by atoms with Crippen molar-refractivity contribution in [3.05, 3.63) is 60.2 Å². The molecule has 0 aliphatic rings. The Hall–Kier alpha value is -1.33. The maximum Gasteiger partial charge on any atom is 0.239 e. The fraction of sp³-hybridized carbons (Fsp3) is 0.188. The Labute approximate surface area is 141 Å². The first-order valence-corrected chi connectivity index (χ1v) is 8.23. The highest BCUT2D eigenvalue weighted by Crippen LogP contribution is 2.32. The van der Waals surface area contributed by atoms with Crippen molar-refractivity contribution in [2.45, 2.75) is 9.65 Å². The van der Waals surface area contributed by atoms with Crippen LogP contribution in [0.4, 0.5) is 5.69 Å². The molecule has 2 aromatic carbocycles. The molecule has 0 saturated carbocycles. The van der Waals surface area contributed by atoms with Gasteiger partial charge in [0.05, 0.1) is 11.9 Å². The van der Waals surface area contributed by atoms with Gasteiger partial charge in [-0.15, -0.1) is 0 Å². The molecular weight excluding hydrogens is 398 g/mol. The van der Waals surface area contributed by atoms with Crippen LogP contribution in [-0.4, -0.2) is 17.8 Å². The van der Waals surface area contributed by atoms with Gasteiger partial charge >= 0.3 is 0 Å². The third-order valence-corrected chi connectivity index (χ3v) is 5.67. The molecular formula is C16H15Br2NO2. The summed E-state index contributed by atoms with van der Waals surface area (Å²) in [5.41, 5.74) is 1.75. The molecule has 0 fully saturated rings. The van der Waals surface area contributed by atoms with Gasteiger partial charge in [0.2, 0.25) is 5.91 Å². The molecule has 1 amide bonds. The van der Waals surface area contributed by atoms with E-state index < -0.39 is 0 Å². The quantitative estimate of drug-likeness (QED) is 0.732. The molecule has 0 aliphatic heterocycles. The molecule has 0 aromatic heterocycles. The molecule has 0 heterocycles. The minimum Gasteiger partial charge on any atom is -0.497 e. The molecule has 0 bridgehead atoms. The second kappa shape index (κ2) is 7.61. The van der Waals surface area contributed by atoms with Crippen molar-refractivity contribution >= 4 is 43.5 Å². The van der Waals surface area contributed by atoms with Crippen LogP contribution >= 0.6 is 31.9 Å². The Bertz CT molecular complexity index is 604. The van der Waals surface area contributed by atoms with E-state index in [0.29, 0.717) is 11.4 Å². The van der Waals surface area contributed by atoms with Gasteiger partial charge < -0.3 is 10.1 Å². The number of anilines is 1. The highest BCUT2D eigenvalue weighted by atomic mass is 79.9. The minimum atomic E-state index is -0.383. The largest absolute Gasteiger partial charge is 0.497 e. The number of rotatable bonds is 5. The minimum absolute atomic E-state index is 0.107. The van der Waals surface area contributed by atoms with E-state index in [-0.39, 0.29) is 15.6 Å². The Balaban J connectivity index is 2.05. The van der Waals surface area contributed by atoms with Gasteiger partial charge in [-0.2, -0.15) is 0 Å². The predicted molar refractivity (Wildman–Crippen MR) is 92.4 cm³/mol. The van der Waals surface area contributed by atoms with Crippen LogP contribution < -0.4 is 10.1 Å². The number of carbonyl (C=O) groups excluding carboxylic acids is 1. The van der Waals surface area contributed by atoms with E-state index in [1.807, 2.05) is 48.5 Å². The molecule has 0 saturated heterocycles. The Kier molecular flexibility index (Phi) is 5.82. The van der Waals surface area contributed by atoms with Crippen molar-refractivity contribution in [1.29, 1.82) is 0 Å². The maximum absolute atomic E-state index is 12.3. The lowest BCUT2D eigenvalue weighted by atomic mass is 10.1. The standard InChI is InChI=1S/C16H15Br2NO2/c1-21-13-9-5-8-12(10-13)19-16(20)15(18)14(17)11-6-3-2-4-7-11/h2-10,14-15H,1H3,(H,19,20). The summed E-state index contributed by atoms with van der Waals surface area (Å²) < 4.78 is 5.14. The molecule has 2 unspecified atom stereocenters. The van der Waals surface area contributed by atoms with Crippen LogP contribution in [0.3, 0.4) is 0 Å². The number of benzene rings is 2. The average Bonchev–Trinajstić information content (AvgIpc) is 2.54. The summed E-state index contributed by atoms with van der Waals surface area (Å²) in [4.78, 5) is 11.8. The molecule has 3 nitrogen and oxygen atoms in total. The number of alkyl halides is 2. The first-order chi connectivity index (χ1) is 10.1. The van der Waals surface area contributed by atoms with Gasteiger partial charge in [0.1, 0.15) is 10.6 Å². The maximum atomic E-state index is 12.3. The van der Waals surface area contributed by atoms with Crippen molar-refractivity contribution < 1.29 is 9.53 Å². The molecule has 2 atom stereocenters. The summed E-state index contributed by atoms with van der Waals surface area (Å²) in [5, 5.41) is 2.87. The van der Waals surface area contributed by atoms with Crippen LogP contribution in [0.2, 0.25) is 0 Å². The molecule has 21 heavy (non-hydrogen) atoms. The molecule has 2 rings (SSSR count). The smallest absolute Gasteiger partial charge is 0.239 e. The lowest BCUT2D eigenvalue weighted by Gasteiger charge is -2.17. The summed E-state index contributed by atoms with van der Waals surface area (Å²) in [7, 11) is 1.60. The summed E-state index contributed by atoms with van der Waals surface area (Å²) in [6.07, 6.45) is 0. The van der Waals surface area contributed by atoms with Crippen molar-refractivity contribution in [1.82, 2.24) is 0 Å². The van der Waals surface area contributed by atoms with E-state index in [1.165, 1.54) is 0 Å². The predicted octanol–water partition coefficient (Wildman–Crippen LogP) is 4.53. The van der Waals surface area contributed by atoms with Crippen molar-refractivity contribution in [2.24, 2.45) is 0 Å². The molecule has 2 aromatic rings. The van der Waals surface area contributed by atoms with Crippen LogP contribution in [0.25, 0.3) is 0 Å². The summed E-state index contributed by atoms with van der Waals surface area (Å²) in [6, 6.07) is 17.1. The number of methoxy groups -OCH3 is 1. The first-order valence-electron chi connectivity index (χ1n) is 6.40. The summed E-state index contributed by atoms with van der Waals surface area (Å²) in [6.45, 7) is 0. The van der Waals surface area contributed by atoms with Crippen molar-refractivity contribution in [3.8, 4) is 5.75 Å². The molecule has 5 heteroatoms. The zero-order chi connectivity index (χ0) is 15.2. The number of amides is 1. The highest BCUT2D eigenvalue weighted by Gasteiger charge is 2.25. The van der Waals surface area contributed by atoms with Gasteiger partial charge in [-0.05, 0) is 17.7 Å². The number of carbonyl (C=O) groups is 1. The number of ether oxygens (including phenoxy) is 1. The number of nitrogens with one attached hydrogen (secondary N) is 1. The van der Waals surface area contributed by atoms with E-state index in [0.717, 1.165) is 5.56 Å². The normalized spacial score (nSPS) is 13.3. The van der Waals surface area contributed by atoms with Gasteiger partial charge in [0.25, 0.3) is 0 Å². The molecule has 110 valence electrons. The van der Waals surface area contributed by atoms with Gasteiger partial charge in [-0.3, -0.25) is 4.79 Å². The van der Waals surface area contributed by atoms with Crippen LogP contribution in [0.5, 0.6) is 5.75 Å². The van der Waals surface area contributed by atoms with E-state index in [2.05, 4.69) is 37.2 Å². The molecule has 1 N–H and O–H groups in total. The Morgan fingerprint density at radius 2 is 1.81 bits per heavy atom. The van der Waals surface area contributed by atoms with Gasteiger partial charge in [-0.1, -0.05) is 68.3 Å². The van der Waals surface area contributed by atoms with Crippen molar-refractivity contribution in [2.75, 3.05) is 12.4 Å². The van der Waals surface area contributed by atoms with Gasteiger partial charge in [0, 0.05) is 11.8 Å². The lowest BCUT2D eigenvalue weighted by Crippen LogP contribution is -2.26. The fourth-order valence-corrected chi connectivity index (χ4v) is 2.82. The van der Waals surface area contributed by atoms with E-state index >= 15 is 0 Å².